The molecule has 24 nitrogen and oxygen atoms in total. The van der Waals surface area contributed by atoms with Crippen molar-refractivity contribution in [1.29, 1.82) is 0 Å². The van der Waals surface area contributed by atoms with Crippen LogP contribution in [0.15, 0.2) is 91.0 Å². The number of carbonyl (C=O) groups excluding carboxylic acids is 6. The summed E-state index contributed by atoms with van der Waals surface area (Å²) in [6.45, 7) is 39.5. The molecule has 6 heterocycles. The highest BCUT2D eigenvalue weighted by Crippen LogP contribution is 2.39. The van der Waals surface area contributed by atoms with E-state index in [9.17, 15) is 28.8 Å². The van der Waals surface area contributed by atoms with Crippen LogP contribution in [0.25, 0.3) is 0 Å². The molecule has 0 aromatic heterocycles. The summed E-state index contributed by atoms with van der Waals surface area (Å²) in [6, 6.07) is 32.5. The molecule has 108 heavy (non-hydrogen) atoms. The van der Waals surface area contributed by atoms with E-state index in [1.54, 1.807) is 14.7 Å². The van der Waals surface area contributed by atoms with Gasteiger partial charge < -0.3 is 72.0 Å². The van der Waals surface area contributed by atoms with Gasteiger partial charge in [0.05, 0.1) is 36.6 Å². The van der Waals surface area contributed by atoms with Gasteiger partial charge >= 0.3 is 36.6 Å². The van der Waals surface area contributed by atoms with E-state index in [4.69, 9.17) is 42.6 Å². The summed E-state index contributed by atoms with van der Waals surface area (Å²) in [5.41, 5.74) is 1.57. The fraction of sp³-hybridized carbons (Fsp3) is 0.714. The quantitative estimate of drug-likeness (QED) is 0.129. The number of nitrogens with zero attached hydrogens (tertiary/aromatic N) is 9. The maximum Gasteiger partial charge on any atom is 0.410 e. The third kappa shape index (κ3) is 24.5. The highest BCUT2D eigenvalue weighted by Gasteiger charge is 2.48. The van der Waals surface area contributed by atoms with Crippen molar-refractivity contribution >= 4 is 36.6 Å². The molecule has 6 amide bonds. The molecule has 0 radical (unpaired) electrons. The van der Waals surface area contributed by atoms with Crippen LogP contribution in [0.1, 0.15) is 198 Å². The number of piperidine rings is 3. The second kappa shape index (κ2) is 37.8. The molecule has 600 valence electrons. The molecule has 12 rings (SSSR count). The predicted octanol–water partition coefficient (Wildman–Crippen LogP) is 14.0. The number of rotatable bonds is 15. The first-order valence-corrected chi connectivity index (χ1v) is 40.4. The molecule has 0 unspecified atom stereocenters. The van der Waals surface area contributed by atoms with Crippen LogP contribution in [0, 0.1) is 0 Å². The minimum Gasteiger partial charge on any atom is -0.445 e. The molecule has 0 N–H and O–H groups in total. The van der Waals surface area contributed by atoms with Crippen LogP contribution < -0.4 is 0 Å². The van der Waals surface area contributed by atoms with Crippen LogP contribution in [0.3, 0.4) is 0 Å². The van der Waals surface area contributed by atoms with Crippen LogP contribution in [0.4, 0.5) is 28.8 Å². The van der Waals surface area contributed by atoms with Gasteiger partial charge in [-0.2, -0.15) is 0 Å². The first kappa shape index (κ1) is 83.5. The number of piperazine rings is 3. The Kier molecular flexibility index (Phi) is 29.3. The lowest BCUT2D eigenvalue weighted by atomic mass is 9.84. The first-order chi connectivity index (χ1) is 51.3. The Balaban J connectivity index is 0.000000173. The molecule has 6 atom stereocenters. The van der Waals surface area contributed by atoms with Gasteiger partial charge in [-0.15, -0.1) is 0 Å². The maximum atomic E-state index is 12.5. The molecular formula is C84H129N9O15. The average molecular weight is 1510 g/mol. The molecular weight excluding hydrogens is 1370 g/mol. The lowest BCUT2D eigenvalue weighted by Gasteiger charge is -2.53. The molecule has 3 aromatic carbocycles. The lowest BCUT2D eigenvalue weighted by Crippen LogP contribution is -2.64. The highest BCUT2D eigenvalue weighted by molar-refractivity contribution is 5.70. The molecule has 6 saturated heterocycles. The van der Waals surface area contributed by atoms with E-state index in [2.05, 4.69) is 56.2 Å². The molecule has 0 spiro atoms. The molecule has 6 aliphatic heterocycles. The third-order valence-corrected chi connectivity index (χ3v) is 22.3. The summed E-state index contributed by atoms with van der Waals surface area (Å²) in [5.74, 6) is 0. The fourth-order valence-corrected chi connectivity index (χ4v) is 17.0. The van der Waals surface area contributed by atoms with E-state index >= 15 is 0 Å². The number of benzene rings is 3. The summed E-state index contributed by atoms with van der Waals surface area (Å²) < 4.78 is 52.4. The summed E-state index contributed by atoms with van der Waals surface area (Å²) in [5, 5.41) is 0. The van der Waals surface area contributed by atoms with Crippen molar-refractivity contribution in [3.05, 3.63) is 108 Å². The van der Waals surface area contributed by atoms with Crippen molar-refractivity contribution in [2.75, 3.05) is 78.5 Å². The summed E-state index contributed by atoms with van der Waals surface area (Å²) in [4.78, 5) is 93.4. The lowest BCUT2D eigenvalue weighted by molar-refractivity contribution is -0.122. The van der Waals surface area contributed by atoms with Crippen molar-refractivity contribution in [2.45, 2.75) is 309 Å². The topological polar surface area (TPSA) is 215 Å². The Hall–Kier alpha value is -6.96. The zero-order valence-corrected chi connectivity index (χ0v) is 67.6. The van der Waals surface area contributed by atoms with Gasteiger partial charge in [-0.3, -0.25) is 14.7 Å². The molecule has 3 saturated carbocycles. The number of hydrogen-bond donors (Lipinski definition) is 0. The summed E-state index contributed by atoms with van der Waals surface area (Å²) >= 11 is 0. The SMILES string of the molecule is C[C@@H]1CN(C(=O)OC(C)(C)C)C[C@@H](C)N1C1CC(OC2CCN(C(=O)OCc3ccccc3)CC2)C1.C[C@@H]1CN(C(=O)OC(C)(C)C)C[C@H](C)N1C1CC(OC2CCN(C(=O)OCc3ccccc3)CC2)C1.C[C@H]1CN(C(=O)OC(C)(C)C)C[C@H](C)N1C1CC(OC2CCN(C(=O)OCc3ccccc3)CC2)C1. The standard InChI is InChI=1S/3C28H43N3O5/c3*1-20-17-30(27(33)36-28(3,4)5)18-21(2)31(20)23-15-25(16-23)35-24-11-13-29(14-12-24)26(32)34-19-22-9-7-6-8-10-22/h3*6-10,20-21,23-25H,11-19H2,1-5H3/t20-,21+,23?,25?;2*20-,21-,23?,25?/m.10/s1. The molecule has 3 aromatic rings. The van der Waals surface area contributed by atoms with Crippen molar-refractivity contribution in [3.8, 4) is 0 Å². The van der Waals surface area contributed by atoms with Gasteiger partial charge in [0.2, 0.25) is 0 Å². The van der Waals surface area contributed by atoms with Gasteiger partial charge in [-0.1, -0.05) is 91.0 Å². The van der Waals surface area contributed by atoms with E-state index < -0.39 is 16.8 Å². The number of amides is 6. The van der Waals surface area contributed by atoms with Gasteiger partial charge in [0.25, 0.3) is 0 Å². The number of ether oxygens (including phenoxy) is 9. The second-order valence-corrected chi connectivity index (χ2v) is 34.9. The van der Waals surface area contributed by atoms with Crippen molar-refractivity contribution < 1.29 is 71.4 Å². The zero-order chi connectivity index (χ0) is 77.6. The zero-order valence-electron chi connectivity index (χ0n) is 67.6. The third-order valence-electron chi connectivity index (χ3n) is 22.3. The van der Waals surface area contributed by atoms with Gasteiger partial charge in [0.15, 0.2) is 0 Å². The van der Waals surface area contributed by atoms with Gasteiger partial charge in [-0.05, 0) is 198 Å². The Morgan fingerprint density at radius 3 is 0.694 bits per heavy atom. The van der Waals surface area contributed by atoms with E-state index in [1.165, 1.54) is 0 Å². The van der Waals surface area contributed by atoms with Gasteiger partial charge in [0, 0.05) is 133 Å². The molecule has 9 fully saturated rings. The van der Waals surface area contributed by atoms with Crippen LogP contribution in [-0.4, -0.2) is 267 Å². The second-order valence-electron chi connectivity index (χ2n) is 34.9. The Labute approximate surface area is 643 Å². The van der Waals surface area contributed by atoms with Crippen LogP contribution in [0.5, 0.6) is 0 Å². The largest absolute Gasteiger partial charge is 0.445 e. The monoisotopic (exact) mass is 1500 g/mol. The van der Waals surface area contributed by atoms with Gasteiger partial charge in [0.1, 0.15) is 36.6 Å². The summed E-state index contributed by atoms with van der Waals surface area (Å²) in [7, 11) is 0. The van der Waals surface area contributed by atoms with E-state index in [0.717, 1.165) is 93.7 Å². The Morgan fingerprint density at radius 2 is 0.500 bits per heavy atom. The Bertz CT molecular complexity index is 2930. The van der Waals surface area contributed by atoms with Gasteiger partial charge in [-0.25, -0.2) is 28.8 Å². The number of likely N-dealkylation sites (tertiary alicyclic amines) is 3. The first-order valence-electron chi connectivity index (χ1n) is 40.4. The highest BCUT2D eigenvalue weighted by atomic mass is 16.6. The van der Waals surface area contributed by atoms with E-state index in [-0.39, 0.29) is 109 Å². The summed E-state index contributed by atoms with van der Waals surface area (Å²) in [6.07, 6.45) is 11.3. The molecule has 0 bridgehead atoms. The van der Waals surface area contributed by atoms with Crippen molar-refractivity contribution in [3.63, 3.8) is 0 Å². The van der Waals surface area contributed by atoms with E-state index in [0.29, 0.717) is 116 Å². The maximum absolute atomic E-state index is 12.5. The minimum atomic E-state index is -0.474. The minimum absolute atomic E-state index is 0.202. The molecule has 24 heteroatoms. The molecule has 3 aliphatic carbocycles. The van der Waals surface area contributed by atoms with Crippen LogP contribution >= 0.6 is 0 Å². The smallest absolute Gasteiger partial charge is 0.410 e. The molecule has 9 aliphatic rings. The average Bonchev–Trinajstić information content (AvgIpc) is 0.791. The van der Waals surface area contributed by atoms with E-state index in [1.807, 2.05) is 168 Å². The number of hydrogen-bond acceptors (Lipinski definition) is 18. The fourth-order valence-electron chi connectivity index (χ4n) is 17.0. The van der Waals surface area contributed by atoms with Crippen LogP contribution in [-0.2, 0) is 62.5 Å². The van der Waals surface area contributed by atoms with Crippen molar-refractivity contribution in [2.24, 2.45) is 0 Å². The predicted molar refractivity (Wildman–Crippen MR) is 413 cm³/mol. The number of carbonyl (C=O) groups is 6. The normalized spacial score (nSPS) is 27.9. The Morgan fingerprint density at radius 1 is 0.296 bits per heavy atom. The van der Waals surface area contributed by atoms with Crippen molar-refractivity contribution in [1.82, 2.24) is 44.1 Å². The van der Waals surface area contributed by atoms with Crippen LogP contribution in [0.2, 0.25) is 0 Å².